The van der Waals surface area contributed by atoms with E-state index in [4.69, 9.17) is 5.11 Å². The number of aromatic nitrogens is 1. The zero-order valence-electron chi connectivity index (χ0n) is 14.0. The van der Waals surface area contributed by atoms with Crippen LogP contribution in [-0.4, -0.2) is 41.1 Å². The molecule has 1 aliphatic rings. The molecule has 1 fully saturated rings. The SMILES string of the molecule is CC1(NC(=O)O)CCN(c2c(C=O)cncc2-c2cc(F)cc(F)c2)C1. The van der Waals surface area contributed by atoms with Crippen LogP contribution >= 0.6 is 0 Å². The minimum Gasteiger partial charge on any atom is -0.465 e. The van der Waals surface area contributed by atoms with E-state index in [1.807, 2.05) is 4.90 Å². The average Bonchev–Trinajstić information content (AvgIpc) is 2.93. The number of aldehydes is 1. The van der Waals surface area contributed by atoms with Gasteiger partial charge in [-0.1, -0.05) is 0 Å². The van der Waals surface area contributed by atoms with E-state index in [2.05, 4.69) is 10.3 Å². The molecule has 6 nitrogen and oxygen atoms in total. The van der Waals surface area contributed by atoms with Gasteiger partial charge in [0.1, 0.15) is 11.6 Å². The van der Waals surface area contributed by atoms with Crippen molar-refractivity contribution in [2.75, 3.05) is 18.0 Å². The molecule has 3 rings (SSSR count). The monoisotopic (exact) mass is 361 g/mol. The van der Waals surface area contributed by atoms with Crippen molar-refractivity contribution in [3.8, 4) is 11.1 Å². The standard InChI is InChI=1S/C18H17F2N3O3/c1-18(22-17(25)26)2-3-23(10-18)16-12(9-24)7-21-8-15(16)11-4-13(19)6-14(20)5-11/h4-9,22H,2-3,10H2,1H3,(H,25,26). The Kier molecular flexibility index (Phi) is 4.58. The maximum Gasteiger partial charge on any atom is 0.405 e. The van der Waals surface area contributed by atoms with Crippen molar-refractivity contribution < 1.29 is 23.5 Å². The van der Waals surface area contributed by atoms with Crippen LogP contribution in [0.3, 0.4) is 0 Å². The molecule has 1 atom stereocenters. The molecule has 1 amide bonds. The molecule has 1 unspecified atom stereocenters. The molecule has 2 aromatic rings. The fourth-order valence-electron chi connectivity index (χ4n) is 3.34. The lowest BCUT2D eigenvalue weighted by atomic mass is 10.0. The fraction of sp³-hybridized carbons (Fsp3) is 0.278. The predicted octanol–water partition coefficient (Wildman–Crippen LogP) is 3.08. The van der Waals surface area contributed by atoms with Crippen LogP contribution < -0.4 is 10.2 Å². The molecular weight excluding hydrogens is 344 g/mol. The molecule has 136 valence electrons. The molecule has 0 aliphatic carbocycles. The molecule has 1 aromatic heterocycles. The Balaban J connectivity index is 2.07. The Morgan fingerprint density at radius 1 is 1.31 bits per heavy atom. The van der Waals surface area contributed by atoms with Crippen LogP contribution in [0.1, 0.15) is 23.7 Å². The predicted molar refractivity (Wildman–Crippen MR) is 91.4 cm³/mol. The molecule has 0 bridgehead atoms. The molecule has 26 heavy (non-hydrogen) atoms. The summed E-state index contributed by atoms with van der Waals surface area (Å²) in [6.07, 6.45) is 2.84. The third kappa shape index (κ3) is 3.49. The first-order valence-corrected chi connectivity index (χ1v) is 7.97. The first kappa shape index (κ1) is 17.8. The van der Waals surface area contributed by atoms with E-state index < -0.39 is 23.3 Å². The number of hydrogen-bond donors (Lipinski definition) is 2. The van der Waals surface area contributed by atoms with E-state index in [1.54, 1.807) is 6.92 Å². The van der Waals surface area contributed by atoms with Crippen molar-refractivity contribution in [1.29, 1.82) is 0 Å². The van der Waals surface area contributed by atoms with Gasteiger partial charge < -0.3 is 15.3 Å². The van der Waals surface area contributed by atoms with Gasteiger partial charge in [-0.3, -0.25) is 9.78 Å². The van der Waals surface area contributed by atoms with Crippen molar-refractivity contribution in [3.63, 3.8) is 0 Å². The maximum atomic E-state index is 13.7. The zero-order chi connectivity index (χ0) is 18.9. The quantitative estimate of drug-likeness (QED) is 0.818. The van der Waals surface area contributed by atoms with Gasteiger partial charge in [0.25, 0.3) is 0 Å². The lowest BCUT2D eigenvalue weighted by Gasteiger charge is -2.27. The van der Waals surface area contributed by atoms with Gasteiger partial charge in [-0.05, 0) is 31.0 Å². The summed E-state index contributed by atoms with van der Waals surface area (Å²) in [5.74, 6) is -1.47. The van der Waals surface area contributed by atoms with Crippen molar-refractivity contribution in [1.82, 2.24) is 10.3 Å². The second kappa shape index (κ2) is 6.70. The first-order valence-electron chi connectivity index (χ1n) is 7.97. The van der Waals surface area contributed by atoms with Gasteiger partial charge in [0.15, 0.2) is 6.29 Å². The number of rotatable bonds is 4. The summed E-state index contributed by atoms with van der Waals surface area (Å²) in [6, 6.07) is 3.11. The van der Waals surface area contributed by atoms with E-state index in [-0.39, 0.29) is 11.1 Å². The highest BCUT2D eigenvalue weighted by Gasteiger charge is 2.37. The highest BCUT2D eigenvalue weighted by Crippen LogP contribution is 2.37. The van der Waals surface area contributed by atoms with Crippen molar-refractivity contribution >= 4 is 18.1 Å². The topological polar surface area (TPSA) is 82.5 Å². The van der Waals surface area contributed by atoms with Crippen LogP contribution in [0.4, 0.5) is 19.3 Å². The molecule has 2 N–H and O–H groups in total. The summed E-state index contributed by atoms with van der Waals surface area (Å²) in [6.45, 7) is 2.56. The summed E-state index contributed by atoms with van der Waals surface area (Å²) in [4.78, 5) is 28.4. The van der Waals surface area contributed by atoms with E-state index in [1.165, 1.54) is 24.5 Å². The van der Waals surface area contributed by atoms with Crippen LogP contribution in [0.2, 0.25) is 0 Å². The Morgan fingerprint density at radius 3 is 2.62 bits per heavy atom. The van der Waals surface area contributed by atoms with Gasteiger partial charge in [0, 0.05) is 37.1 Å². The zero-order valence-corrected chi connectivity index (χ0v) is 14.0. The largest absolute Gasteiger partial charge is 0.465 e. The number of nitrogens with one attached hydrogen (secondary N) is 1. The number of carbonyl (C=O) groups excluding carboxylic acids is 1. The molecule has 1 aromatic carbocycles. The summed E-state index contributed by atoms with van der Waals surface area (Å²) in [5, 5.41) is 11.5. The van der Waals surface area contributed by atoms with Crippen LogP contribution in [0, 0.1) is 11.6 Å². The van der Waals surface area contributed by atoms with Crippen molar-refractivity contribution in [2.45, 2.75) is 18.9 Å². The Hall–Kier alpha value is -3.03. The van der Waals surface area contributed by atoms with Gasteiger partial charge in [-0.25, -0.2) is 13.6 Å². The number of hydrogen-bond acceptors (Lipinski definition) is 4. The second-order valence-electron chi connectivity index (χ2n) is 6.56. The van der Waals surface area contributed by atoms with Gasteiger partial charge in [0.2, 0.25) is 0 Å². The van der Waals surface area contributed by atoms with E-state index in [9.17, 15) is 18.4 Å². The van der Waals surface area contributed by atoms with Crippen molar-refractivity contribution in [2.24, 2.45) is 0 Å². The number of carboxylic acid groups (broad SMARTS) is 1. The van der Waals surface area contributed by atoms with E-state index in [0.717, 1.165) is 6.07 Å². The molecule has 1 saturated heterocycles. The highest BCUT2D eigenvalue weighted by atomic mass is 19.1. The third-order valence-electron chi connectivity index (χ3n) is 4.44. The molecule has 0 spiro atoms. The lowest BCUT2D eigenvalue weighted by molar-refractivity contribution is 0.112. The van der Waals surface area contributed by atoms with Crippen LogP contribution in [0.25, 0.3) is 11.1 Å². The van der Waals surface area contributed by atoms with Gasteiger partial charge >= 0.3 is 6.09 Å². The Morgan fingerprint density at radius 2 is 2.00 bits per heavy atom. The van der Waals surface area contributed by atoms with Crippen LogP contribution in [-0.2, 0) is 0 Å². The molecular formula is C18H17F2N3O3. The summed E-state index contributed by atoms with van der Waals surface area (Å²) >= 11 is 0. The minimum absolute atomic E-state index is 0.258. The smallest absolute Gasteiger partial charge is 0.405 e. The molecule has 0 radical (unpaired) electrons. The fourth-order valence-corrected chi connectivity index (χ4v) is 3.34. The number of anilines is 1. The van der Waals surface area contributed by atoms with E-state index >= 15 is 0 Å². The van der Waals surface area contributed by atoms with Crippen LogP contribution in [0.15, 0.2) is 30.6 Å². The second-order valence-corrected chi connectivity index (χ2v) is 6.56. The lowest BCUT2D eigenvalue weighted by Crippen LogP contribution is -2.47. The minimum atomic E-state index is -1.13. The molecule has 1 aliphatic heterocycles. The third-order valence-corrected chi connectivity index (χ3v) is 4.44. The van der Waals surface area contributed by atoms with Gasteiger partial charge in [0.05, 0.1) is 16.8 Å². The number of carbonyl (C=O) groups is 2. The van der Waals surface area contributed by atoms with Gasteiger partial charge in [-0.2, -0.15) is 0 Å². The summed E-state index contributed by atoms with van der Waals surface area (Å²) in [7, 11) is 0. The molecule has 8 heteroatoms. The van der Waals surface area contributed by atoms with Gasteiger partial charge in [-0.15, -0.1) is 0 Å². The highest BCUT2D eigenvalue weighted by molar-refractivity contribution is 5.92. The molecule has 0 saturated carbocycles. The summed E-state index contributed by atoms with van der Waals surface area (Å²) in [5.41, 5.74) is 0.725. The van der Waals surface area contributed by atoms with E-state index in [0.29, 0.717) is 37.0 Å². The number of benzene rings is 1. The normalized spacial score (nSPS) is 19.4. The Bertz CT molecular complexity index is 855. The summed E-state index contributed by atoms with van der Waals surface area (Å²) < 4.78 is 27.3. The Labute approximate surface area is 148 Å². The number of halogens is 2. The first-order chi connectivity index (χ1) is 12.3. The number of nitrogens with zero attached hydrogens (tertiary/aromatic N) is 2. The number of amides is 1. The number of pyridine rings is 1. The molecule has 2 heterocycles. The maximum absolute atomic E-state index is 13.7. The van der Waals surface area contributed by atoms with Crippen molar-refractivity contribution in [3.05, 3.63) is 47.8 Å². The van der Waals surface area contributed by atoms with Crippen LogP contribution in [0.5, 0.6) is 0 Å². The average molecular weight is 361 g/mol.